The van der Waals surface area contributed by atoms with Crippen molar-refractivity contribution < 1.29 is 5.11 Å². The summed E-state index contributed by atoms with van der Waals surface area (Å²) in [5, 5.41) is 9.02. The summed E-state index contributed by atoms with van der Waals surface area (Å²) >= 11 is 0. The summed E-state index contributed by atoms with van der Waals surface area (Å²) in [7, 11) is 0. The minimum Gasteiger partial charge on any atom is -0.396 e. The Morgan fingerprint density at radius 3 is 2.82 bits per heavy atom. The predicted octanol–water partition coefficient (Wildman–Crippen LogP) is 2.13. The van der Waals surface area contributed by atoms with Gasteiger partial charge in [-0.1, -0.05) is 19.4 Å². The van der Waals surface area contributed by atoms with E-state index >= 15 is 0 Å². The summed E-state index contributed by atoms with van der Waals surface area (Å²) in [5.74, 6) is 1.00. The molecule has 0 spiro atoms. The molecule has 1 aliphatic carbocycles. The molecule has 0 aliphatic heterocycles. The maximum Gasteiger partial charge on any atom is 0.0465 e. The van der Waals surface area contributed by atoms with Gasteiger partial charge in [0.05, 0.1) is 0 Å². The van der Waals surface area contributed by atoms with Crippen LogP contribution in [-0.2, 0) is 0 Å². The molecule has 11 heavy (non-hydrogen) atoms. The summed E-state index contributed by atoms with van der Waals surface area (Å²) in [4.78, 5) is 0. The van der Waals surface area contributed by atoms with E-state index in [9.17, 15) is 0 Å². The smallest absolute Gasteiger partial charge is 0.0465 e. The molecule has 1 fully saturated rings. The van der Waals surface area contributed by atoms with Crippen LogP contribution in [0.5, 0.6) is 0 Å². The lowest BCUT2D eigenvalue weighted by atomic mass is 9.80. The van der Waals surface area contributed by atoms with Crippen molar-refractivity contribution in [1.29, 1.82) is 0 Å². The van der Waals surface area contributed by atoms with Crippen LogP contribution in [0, 0.1) is 11.8 Å². The second-order valence-electron chi connectivity index (χ2n) is 3.26. The molecule has 0 unspecified atom stereocenters. The van der Waals surface area contributed by atoms with Gasteiger partial charge in [-0.3, -0.25) is 0 Å². The van der Waals surface area contributed by atoms with Crippen LogP contribution in [-0.4, -0.2) is 11.7 Å². The lowest BCUT2D eigenvalue weighted by Crippen LogP contribution is -2.20. The average Bonchev–Trinajstić information content (AvgIpc) is 2.06. The number of aliphatic hydroxyl groups excluding tert-OH is 1. The molecule has 1 rings (SSSR count). The van der Waals surface area contributed by atoms with E-state index in [4.69, 9.17) is 5.11 Å². The van der Waals surface area contributed by atoms with E-state index in [0.717, 1.165) is 0 Å². The van der Waals surface area contributed by atoms with Crippen LogP contribution in [0.25, 0.3) is 0 Å². The second kappa shape index (κ2) is 4.38. The van der Waals surface area contributed by atoms with E-state index in [1.807, 2.05) is 6.08 Å². The lowest BCUT2D eigenvalue weighted by molar-refractivity contribution is 0.157. The zero-order valence-electron chi connectivity index (χ0n) is 6.92. The Kier molecular flexibility index (Phi) is 3.41. The number of allylic oxidation sites excluding steroid dienone is 1. The van der Waals surface area contributed by atoms with Gasteiger partial charge >= 0.3 is 0 Å². The van der Waals surface area contributed by atoms with Gasteiger partial charge in [0.2, 0.25) is 0 Å². The van der Waals surface area contributed by atoms with Crippen LogP contribution in [0.4, 0.5) is 0 Å². The van der Waals surface area contributed by atoms with Crippen molar-refractivity contribution in [3.8, 4) is 0 Å². The van der Waals surface area contributed by atoms with Crippen molar-refractivity contribution in [2.24, 2.45) is 11.8 Å². The van der Waals surface area contributed by atoms with Gasteiger partial charge in [-0.25, -0.2) is 0 Å². The third-order valence-corrected chi connectivity index (χ3v) is 2.53. The van der Waals surface area contributed by atoms with Gasteiger partial charge in [-0.15, -0.1) is 5.73 Å². The van der Waals surface area contributed by atoms with Crippen molar-refractivity contribution in [2.75, 3.05) is 6.61 Å². The van der Waals surface area contributed by atoms with Crippen molar-refractivity contribution >= 4 is 0 Å². The molecule has 1 nitrogen and oxygen atoms in total. The van der Waals surface area contributed by atoms with Crippen LogP contribution in [0.1, 0.15) is 25.7 Å². The summed E-state index contributed by atoms with van der Waals surface area (Å²) < 4.78 is 0. The Morgan fingerprint density at radius 2 is 2.18 bits per heavy atom. The number of aliphatic hydroxyl groups is 1. The number of hydrogen-bond donors (Lipinski definition) is 1. The molecule has 0 radical (unpaired) electrons. The Labute approximate surface area is 68.4 Å². The summed E-state index contributed by atoms with van der Waals surface area (Å²) in [6.07, 6.45) is 6.94. The highest BCUT2D eigenvalue weighted by Gasteiger charge is 2.21. The lowest BCUT2D eigenvalue weighted by Gasteiger charge is -2.26. The Balaban J connectivity index is 2.50. The summed E-state index contributed by atoms with van der Waals surface area (Å²) in [6.45, 7) is 3.88. The van der Waals surface area contributed by atoms with Crippen LogP contribution in [0.2, 0.25) is 0 Å². The third-order valence-electron chi connectivity index (χ3n) is 2.53. The molecule has 0 aromatic carbocycles. The average molecular weight is 152 g/mol. The molecule has 0 saturated heterocycles. The van der Waals surface area contributed by atoms with Gasteiger partial charge in [-0.05, 0) is 30.8 Å². The SMILES string of the molecule is C=C=C[C@@H]1CCCC[C@H]1CO. The van der Waals surface area contributed by atoms with Crippen LogP contribution < -0.4 is 0 Å². The molecular weight excluding hydrogens is 136 g/mol. The first kappa shape index (κ1) is 8.58. The van der Waals surface area contributed by atoms with E-state index in [0.29, 0.717) is 18.4 Å². The molecule has 1 saturated carbocycles. The molecule has 1 heteroatoms. The van der Waals surface area contributed by atoms with Gasteiger partial charge in [0, 0.05) is 6.61 Å². The highest BCUT2D eigenvalue weighted by molar-refractivity contribution is 4.90. The first-order chi connectivity index (χ1) is 5.38. The first-order valence-corrected chi connectivity index (χ1v) is 4.35. The predicted molar refractivity (Wildman–Crippen MR) is 46.2 cm³/mol. The molecule has 0 heterocycles. The first-order valence-electron chi connectivity index (χ1n) is 4.35. The highest BCUT2D eigenvalue weighted by Crippen LogP contribution is 2.30. The van der Waals surface area contributed by atoms with Gasteiger partial charge < -0.3 is 5.11 Å². The minimum atomic E-state index is 0.322. The van der Waals surface area contributed by atoms with E-state index in [-0.39, 0.29) is 0 Å². The monoisotopic (exact) mass is 152 g/mol. The standard InChI is InChI=1S/C10H16O/c1-2-5-9-6-3-4-7-10(9)8-11/h5,9-11H,1,3-4,6-8H2/t9-,10+/m1/s1. The third kappa shape index (κ3) is 2.21. The summed E-state index contributed by atoms with van der Waals surface area (Å²) in [5.41, 5.74) is 2.82. The van der Waals surface area contributed by atoms with Gasteiger partial charge in [0.25, 0.3) is 0 Å². The molecule has 1 N–H and O–H groups in total. The number of hydrogen-bond acceptors (Lipinski definition) is 1. The molecule has 2 atom stereocenters. The quantitative estimate of drug-likeness (QED) is 0.601. The normalized spacial score (nSPS) is 31.0. The van der Waals surface area contributed by atoms with Crippen molar-refractivity contribution in [2.45, 2.75) is 25.7 Å². The topological polar surface area (TPSA) is 20.2 Å². The maximum absolute atomic E-state index is 9.02. The van der Waals surface area contributed by atoms with Crippen LogP contribution in [0.15, 0.2) is 18.4 Å². The zero-order chi connectivity index (χ0) is 8.10. The Hall–Kier alpha value is -0.520. The van der Waals surface area contributed by atoms with Gasteiger partial charge in [0.15, 0.2) is 0 Å². The molecular formula is C10H16O. The van der Waals surface area contributed by atoms with E-state index < -0.39 is 0 Å². The summed E-state index contributed by atoms with van der Waals surface area (Å²) in [6, 6.07) is 0. The minimum absolute atomic E-state index is 0.322. The highest BCUT2D eigenvalue weighted by atomic mass is 16.3. The fraction of sp³-hybridized carbons (Fsp3) is 0.700. The zero-order valence-corrected chi connectivity index (χ0v) is 6.92. The van der Waals surface area contributed by atoms with Crippen LogP contribution >= 0.6 is 0 Å². The van der Waals surface area contributed by atoms with Crippen molar-refractivity contribution in [3.63, 3.8) is 0 Å². The van der Waals surface area contributed by atoms with E-state index in [1.54, 1.807) is 0 Å². The van der Waals surface area contributed by atoms with Crippen LogP contribution in [0.3, 0.4) is 0 Å². The second-order valence-corrected chi connectivity index (χ2v) is 3.26. The molecule has 0 aromatic heterocycles. The van der Waals surface area contributed by atoms with Crippen molar-refractivity contribution in [1.82, 2.24) is 0 Å². The molecule has 1 aliphatic rings. The van der Waals surface area contributed by atoms with E-state index in [1.165, 1.54) is 25.7 Å². The number of rotatable bonds is 2. The fourth-order valence-electron chi connectivity index (χ4n) is 1.83. The van der Waals surface area contributed by atoms with Crippen molar-refractivity contribution in [3.05, 3.63) is 18.4 Å². The largest absolute Gasteiger partial charge is 0.396 e. The van der Waals surface area contributed by atoms with Gasteiger partial charge in [-0.2, -0.15) is 0 Å². The van der Waals surface area contributed by atoms with E-state index in [2.05, 4.69) is 12.3 Å². The van der Waals surface area contributed by atoms with Gasteiger partial charge in [0.1, 0.15) is 0 Å². The fourth-order valence-corrected chi connectivity index (χ4v) is 1.83. The molecule has 62 valence electrons. The molecule has 0 bridgehead atoms. The Bertz CT molecular complexity index is 156. The molecule has 0 amide bonds. The molecule has 0 aromatic rings. The maximum atomic E-state index is 9.02. The Morgan fingerprint density at radius 1 is 1.45 bits per heavy atom.